The second-order valence-corrected chi connectivity index (χ2v) is 8.31. The first-order valence-electron chi connectivity index (χ1n) is 9.06. The smallest absolute Gasteiger partial charge is 0.169 e. The number of phenols is 1. The summed E-state index contributed by atoms with van der Waals surface area (Å²) in [6.07, 6.45) is 3.10. The van der Waals surface area contributed by atoms with Crippen LogP contribution in [0.15, 0.2) is 54.9 Å². The Labute approximate surface area is 198 Å². The van der Waals surface area contributed by atoms with Crippen LogP contribution in [0.4, 0.5) is 5.82 Å². The number of rotatable bonds is 5. The van der Waals surface area contributed by atoms with Crippen molar-refractivity contribution in [1.82, 2.24) is 9.97 Å². The molecule has 4 aromatic rings. The molecule has 0 saturated carbocycles. The number of pyridine rings is 2. The highest BCUT2D eigenvalue weighted by atomic mass is 35.5. The van der Waals surface area contributed by atoms with E-state index in [0.29, 0.717) is 38.3 Å². The molecule has 0 spiro atoms. The summed E-state index contributed by atoms with van der Waals surface area (Å²) in [6.45, 7) is 0. The Balaban J connectivity index is 1.94. The first-order valence-corrected chi connectivity index (χ1v) is 10.6. The highest BCUT2D eigenvalue weighted by Gasteiger charge is 2.25. The van der Waals surface area contributed by atoms with Gasteiger partial charge in [-0.3, -0.25) is 4.98 Å². The number of ether oxygens (including phenoxy) is 1. The highest BCUT2D eigenvalue weighted by Crippen LogP contribution is 2.42. The first kappa shape index (κ1) is 21.8. The van der Waals surface area contributed by atoms with Crippen LogP contribution in [0.3, 0.4) is 0 Å². The van der Waals surface area contributed by atoms with Gasteiger partial charge in [0.05, 0.1) is 28.2 Å². The third-order valence-corrected chi connectivity index (χ3v) is 5.98. The average Bonchev–Trinajstić information content (AvgIpc) is 2.76. The van der Waals surface area contributed by atoms with E-state index in [1.165, 1.54) is 13.3 Å². The van der Waals surface area contributed by atoms with Crippen LogP contribution >= 0.6 is 46.4 Å². The fourth-order valence-corrected chi connectivity index (χ4v) is 4.18. The van der Waals surface area contributed by atoms with Crippen molar-refractivity contribution in [3.8, 4) is 11.5 Å². The SMILES string of the molecule is COc1cc(Cl)cnc1NC(c1cc(Cl)cc(Cl)c1Cl)c1ccc2cccnc2c1O. The van der Waals surface area contributed by atoms with Crippen LogP contribution in [0.2, 0.25) is 20.1 Å². The van der Waals surface area contributed by atoms with Crippen molar-refractivity contribution in [3.63, 3.8) is 0 Å². The predicted molar refractivity (Wildman–Crippen MR) is 126 cm³/mol. The Morgan fingerprint density at radius 2 is 1.77 bits per heavy atom. The van der Waals surface area contributed by atoms with Crippen molar-refractivity contribution in [2.45, 2.75) is 6.04 Å². The topological polar surface area (TPSA) is 67.3 Å². The molecule has 9 heteroatoms. The molecule has 0 saturated heterocycles. The van der Waals surface area contributed by atoms with Crippen molar-refractivity contribution < 1.29 is 9.84 Å². The maximum atomic E-state index is 11.1. The van der Waals surface area contributed by atoms with Crippen molar-refractivity contribution >= 4 is 63.1 Å². The van der Waals surface area contributed by atoms with Gasteiger partial charge in [0.1, 0.15) is 11.3 Å². The van der Waals surface area contributed by atoms with Gasteiger partial charge in [-0.05, 0) is 18.2 Å². The van der Waals surface area contributed by atoms with Crippen molar-refractivity contribution in [1.29, 1.82) is 0 Å². The molecule has 2 aromatic heterocycles. The van der Waals surface area contributed by atoms with E-state index in [2.05, 4.69) is 15.3 Å². The van der Waals surface area contributed by atoms with Crippen LogP contribution in [0, 0.1) is 0 Å². The number of methoxy groups -OCH3 is 1. The number of hydrogen-bond acceptors (Lipinski definition) is 5. The Morgan fingerprint density at radius 1 is 0.968 bits per heavy atom. The van der Waals surface area contributed by atoms with Crippen molar-refractivity contribution in [2.75, 3.05) is 12.4 Å². The number of benzene rings is 2. The minimum absolute atomic E-state index is 0.00399. The summed E-state index contributed by atoms with van der Waals surface area (Å²) in [5.41, 5.74) is 1.50. The molecular formula is C22H15Cl4N3O2. The maximum Gasteiger partial charge on any atom is 0.169 e. The van der Waals surface area contributed by atoms with Crippen LogP contribution in [0.1, 0.15) is 17.2 Å². The lowest BCUT2D eigenvalue weighted by molar-refractivity contribution is 0.414. The van der Waals surface area contributed by atoms with Gasteiger partial charge >= 0.3 is 0 Å². The molecule has 0 aliphatic rings. The number of aromatic hydroxyl groups is 1. The molecule has 0 bridgehead atoms. The first-order chi connectivity index (χ1) is 14.9. The molecule has 0 aliphatic heterocycles. The van der Waals surface area contributed by atoms with Gasteiger partial charge in [-0.2, -0.15) is 0 Å². The predicted octanol–water partition coefficient (Wildman–Crippen LogP) is 7.16. The third kappa shape index (κ3) is 4.32. The fourth-order valence-electron chi connectivity index (χ4n) is 3.31. The van der Waals surface area contributed by atoms with Crippen LogP contribution in [-0.4, -0.2) is 22.2 Å². The molecule has 0 aliphatic carbocycles. The number of anilines is 1. The van der Waals surface area contributed by atoms with E-state index >= 15 is 0 Å². The molecule has 0 radical (unpaired) electrons. The van der Waals surface area contributed by atoms with Gasteiger partial charge in [-0.15, -0.1) is 0 Å². The minimum atomic E-state index is -0.683. The molecule has 5 nitrogen and oxygen atoms in total. The largest absolute Gasteiger partial charge is 0.505 e. The molecule has 158 valence electrons. The van der Waals surface area contributed by atoms with E-state index in [4.69, 9.17) is 51.1 Å². The standard InChI is InChI=1S/C22H15Cl4N3O2/c1-31-17-9-13(24)10-28-22(17)29-20(15-7-12(23)8-16(25)18(15)26)14-5-4-11-3-2-6-27-19(11)21(14)30/h2-10,20,30H,1H3,(H,28,29). The molecular weight excluding hydrogens is 480 g/mol. The van der Waals surface area contributed by atoms with E-state index in [-0.39, 0.29) is 15.8 Å². The summed E-state index contributed by atoms with van der Waals surface area (Å²) in [4.78, 5) is 8.64. The Kier molecular flexibility index (Phi) is 6.30. The summed E-state index contributed by atoms with van der Waals surface area (Å²) < 4.78 is 5.41. The van der Waals surface area contributed by atoms with E-state index in [1.807, 2.05) is 12.1 Å². The van der Waals surface area contributed by atoms with Gasteiger partial charge in [-0.25, -0.2) is 4.98 Å². The average molecular weight is 495 g/mol. The van der Waals surface area contributed by atoms with Crippen LogP contribution in [0.5, 0.6) is 11.5 Å². The lowest BCUT2D eigenvalue weighted by Gasteiger charge is -2.24. The van der Waals surface area contributed by atoms with Gasteiger partial charge in [0, 0.05) is 40.0 Å². The second kappa shape index (κ2) is 8.97. The van der Waals surface area contributed by atoms with E-state index in [1.54, 1.807) is 36.5 Å². The van der Waals surface area contributed by atoms with Gasteiger partial charge in [-0.1, -0.05) is 64.6 Å². The summed E-state index contributed by atoms with van der Waals surface area (Å²) in [6, 6.07) is 11.5. The zero-order valence-corrected chi connectivity index (χ0v) is 19.1. The summed E-state index contributed by atoms with van der Waals surface area (Å²) in [5.74, 6) is 0.806. The molecule has 2 aromatic carbocycles. The maximum absolute atomic E-state index is 11.1. The number of nitrogens with zero attached hydrogens (tertiary/aromatic N) is 2. The fraction of sp³-hybridized carbons (Fsp3) is 0.0909. The quantitative estimate of drug-likeness (QED) is 0.288. The Bertz CT molecular complexity index is 1280. The second-order valence-electron chi connectivity index (χ2n) is 6.65. The summed E-state index contributed by atoms with van der Waals surface area (Å²) in [7, 11) is 1.51. The molecule has 31 heavy (non-hydrogen) atoms. The molecule has 0 amide bonds. The van der Waals surface area contributed by atoms with Crippen LogP contribution in [0.25, 0.3) is 10.9 Å². The molecule has 1 unspecified atom stereocenters. The van der Waals surface area contributed by atoms with Gasteiger partial charge in [0.2, 0.25) is 0 Å². The lowest BCUT2D eigenvalue weighted by atomic mass is 9.96. The normalized spacial score (nSPS) is 12.0. The van der Waals surface area contributed by atoms with Crippen LogP contribution in [-0.2, 0) is 0 Å². The minimum Gasteiger partial charge on any atom is -0.505 e. The van der Waals surface area contributed by atoms with Gasteiger partial charge in [0.15, 0.2) is 11.6 Å². The molecule has 2 N–H and O–H groups in total. The number of aromatic nitrogens is 2. The van der Waals surface area contributed by atoms with E-state index in [0.717, 1.165) is 5.39 Å². The molecule has 2 heterocycles. The summed E-state index contributed by atoms with van der Waals surface area (Å²) in [5, 5.41) is 16.5. The third-order valence-electron chi connectivity index (χ3n) is 4.74. The van der Waals surface area contributed by atoms with E-state index in [9.17, 15) is 5.11 Å². The monoisotopic (exact) mass is 493 g/mol. The van der Waals surface area contributed by atoms with Crippen LogP contribution < -0.4 is 10.1 Å². The number of fused-ring (bicyclic) bond motifs is 1. The van der Waals surface area contributed by atoms with E-state index < -0.39 is 6.04 Å². The van der Waals surface area contributed by atoms with Crippen molar-refractivity contribution in [3.05, 3.63) is 86.1 Å². The number of halogens is 4. The number of hydrogen-bond donors (Lipinski definition) is 2. The van der Waals surface area contributed by atoms with Crippen molar-refractivity contribution in [2.24, 2.45) is 0 Å². The van der Waals surface area contributed by atoms with Gasteiger partial charge in [0.25, 0.3) is 0 Å². The number of phenolic OH excluding ortho intramolecular Hbond substituents is 1. The summed E-state index contributed by atoms with van der Waals surface area (Å²) >= 11 is 25.2. The molecule has 0 fully saturated rings. The number of nitrogens with one attached hydrogen (secondary N) is 1. The highest BCUT2D eigenvalue weighted by molar-refractivity contribution is 6.43. The zero-order chi connectivity index (χ0) is 22.1. The Morgan fingerprint density at radius 3 is 2.55 bits per heavy atom. The molecule has 1 atom stereocenters. The molecule has 4 rings (SSSR count). The Hall–Kier alpha value is -2.44. The lowest BCUT2D eigenvalue weighted by Crippen LogP contribution is -2.15. The zero-order valence-electron chi connectivity index (χ0n) is 16.0. The van der Waals surface area contributed by atoms with Gasteiger partial charge < -0.3 is 15.2 Å².